The van der Waals surface area contributed by atoms with Crippen LogP contribution in [0.25, 0.3) is 0 Å². The van der Waals surface area contributed by atoms with Gasteiger partial charge in [-0.1, -0.05) is 54.1 Å². The average Bonchev–Trinajstić information content (AvgIpc) is 2.89. The summed E-state index contributed by atoms with van der Waals surface area (Å²) in [5, 5.41) is 0. The highest BCUT2D eigenvalue weighted by Crippen LogP contribution is 2.47. The molecule has 2 rings (SSSR count). The maximum atomic E-state index is 12.5. The summed E-state index contributed by atoms with van der Waals surface area (Å²) in [6.07, 6.45) is 6.30. The molecule has 0 aromatic carbocycles. The van der Waals surface area contributed by atoms with Crippen LogP contribution in [0.5, 0.6) is 0 Å². The molecule has 7 heteroatoms. The Kier molecular flexibility index (Phi) is 7.12. The fourth-order valence-corrected chi connectivity index (χ4v) is 3.71. The van der Waals surface area contributed by atoms with Crippen molar-refractivity contribution < 1.29 is 19.0 Å². The lowest BCUT2D eigenvalue weighted by atomic mass is 9.73. The van der Waals surface area contributed by atoms with Crippen molar-refractivity contribution in [2.75, 3.05) is 19.8 Å². The van der Waals surface area contributed by atoms with Crippen LogP contribution >= 0.6 is 34.8 Å². The largest absolute Gasteiger partial charge is 0.497 e. The molecule has 1 atom stereocenters. The fraction of sp³-hybridized carbons (Fsp3) is 0.824. The molecular formula is C17H25Cl3O4. The van der Waals surface area contributed by atoms with Gasteiger partial charge in [-0.15, -0.1) is 0 Å². The lowest BCUT2D eigenvalue weighted by Gasteiger charge is -2.30. The molecule has 138 valence electrons. The highest BCUT2D eigenvalue weighted by molar-refractivity contribution is 6.67. The van der Waals surface area contributed by atoms with Crippen LogP contribution in [0.3, 0.4) is 0 Å². The van der Waals surface area contributed by atoms with Gasteiger partial charge in [0, 0.05) is 18.4 Å². The second kappa shape index (κ2) is 8.48. The van der Waals surface area contributed by atoms with Crippen LogP contribution in [0.4, 0.5) is 0 Å². The zero-order valence-corrected chi connectivity index (χ0v) is 16.5. The van der Waals surface area contributed by atoms with Crippen LogP contribution < -0.4 is 0 Å². The molecule has 0 N–H and O–H groups in total. The van der Waals surface area contributed by atoms with Gasteiger partial charge in [0.2, 0.25) is 3.79 Å². The van der Waals surface area contributed by atoms with Crippen LogP contribution in [0.15, 0.2) is 11.3 Å². The number of hydrogen-bond donors (Lipinski definition) is 0. The first kappa shape index (κ1) is 20.2. The monoisotopic (exact) mass is 398 g/mol. The van der Waals surface area contributed by atoms with E-state index in [2.05, 4.69) is 0 Å². The van der Waals surface area contributed by atoms with Gasteiger partial charge in [-0.3, -0.25) is 0 Å². The normalized spacial score (nSPS) is 23.7. The van der Waals surface area contributed by atoms with E-state index >= 15 is 0 Å². The zero-order chi connectivity index (χ0) is 17.8. The number of halogens is 3. The molecule has 1 saturated heterocycles. The van der Waals surface area contributed by atoms with Crippen molar-refractivity contribution in [3.63, 3.8) is 0 Å². The molecule has 2 aliphatic rings. The van der Waals surface area contributed by atoms with E-state index in [0.717, 1.165) is 19.3 Å². The molecule has 1 saturated carbocycles. The summed E-state index contributed by atoms with van der Waals surface area (Å²) >= 11 is 17.0. The van der Waals surface area contributed by atoms with Gasteiger partial charge in [0.15, 0.2) is 0 Å². The number of alkyl halides is 3. The van der Waals surface area contributed by atoms with Crippen LogP contribution in [-0.4, -0.2) is 35.7 Å². The summed E-state index contributed by atoms with van der Waals surface area (Å²) in [7, 11) is 0. The van der Waals surface area contributed by atoms with Crippen molar-refractivity contribution in [1.82, 2.24) is 0 Å². The number of carbonyl (C=O) groups excluding carboxylic acids is 1. The molecule has 4 nitrogen and oxygen atoms in total. The minimum absolute atomic E-state index is 0.153. The van der Waals surface area contributed by atoms with Gasteiger partial charge in [0.25, 0.3) is 0 Å². The summed E-state index contributed by atoms with van der Waals surface area (Å²) in [6.45, 7) is 4.53. The van der Waals surface area contributed by atoms with Crippen molar-refractivity contribution in [3.8, 4) is 0 Å². The van der Waals surface area contributed by atoms with Gasteiger partial charge in [-0.05, 0) is 26.7 Å². The van der Waals surface area contributed by atoms with Gasteiger partial charge in [-0.2, -0.15) is 0 Å². The first-order valence-electron chi connectivity index (χ1n) is 8.48. The highest BCUT2D eigenvalue weighted by Gasteiger charge is 2.42. The molecule has 1 aliphatic carbocycles. The summed E-state index contributed by atoms with van der Waals surface area (Å²) in [5.41, 5.74) is 0.564. The topological polar surface area (TPSA) is 44.8 Å². The summed E-state index contributed by atoms with van der Waals surface area (Å²) in [4.78, 5) is 12.5. The first-order chi connectivity index (χ1) is 11.3. The molecule has 1 aliphatic heterocycles. The van der Waals surface area contributed by atoms with E-state index in [0.29, 0.717) is 24.5 Å². The Bertz CT molecular complexity index is 479. The van der Waals surface area contributed by atoms with Crippen molar-refractivity contribution in [3.05, 3.63) is 11.3 Å². The Hall–Kier alpha value is -0.160. The van der Waals surface area contributed by atoms with Crippen LogP contribution in [-0.2, 0) is 19.0 Å². The van der Waals surface area contributed by atoms with Crippen LogP contribution in [0.2, 0.25) is 0 Å². The number of carbonyl (C=O) groups is 1. The van der Waals surface area contributed by atoms with E-state index in [-0.39, 0.29) is 12.0 Å². The molecule has 0 bridgehead atoms. The molecule has 24 heavy (non-hydrogen) atoms. The average molecular weight is 400 g/mol. The van der Waals surface area contributed by atoms with E-state index in [1.165, 1.54) is 19.3 Å². The van der Waals surface area contributed by atoms with Gasteiger partial charge >= 0.3 is 5.97 Å². The summed E-state index contributed by atoms with van der Waals surface area (Å²) in [6, 6.07) is 0. The Morgan fingerprint density at radius 1 is 1.29 bits per heavy atom. The minimum atomic E-state index is -1.64. The SMILES string of the molecule is CCOC(C)/C(C(=O)OCC(Cl)(Cl)Cl)=C1\CC2(CCCCC2)CO1. The van der Waals surface area contributed by atoms with E-state index in [9.17, 15) is 4.79 Å². The van der Waals surface area contributed by atoms with Gasteiger partial charge in [-0.25, -0.2) is 4.79 Å². The van der Waals surface area contributed by atoms with Gasteiger partial charge in [0.1, 0.15) is 17.9 Å². The van der Waals surface area contributed by atoms with Crippen molar-refractivity contribution in [2.45, 2.75) is 62.3 Å². The molecule has 0 amide bonds. The Balaban J connectivity index is 2.17. The van der Waals surface area contributed by atoms with Crippen LogP contribution in [0.1, 0.15) is 52.4 Å². The Morgan fingerprint density at radius 2 is 1.96 bits per heavy atom. The molecule has 0 aromatic rings. The molecule has 1 spiro atoms. The number of ether oxygens (including phenoxy) is 3. The van der Waals surface area contributed by atoms with Gasteiger partial charge in [0.05, 0.1) is 12.7 Å². The predicted molar refractivity (Wildman–Crippen MR) is 95.5 cm³/mol. The zero-order valence-electron chi connectivity index (χ0n) is 14.2. The number of hydrogen-bond acceptors (Lipinski definition) is 4. The maximum absolute atomic E-state index is 12.5. The van der Waals surface area contributed by atoms with E-state index in [1.54, 1.807) is 0 Å². The number of allylic oxidation sites excluding steroid dienone is 1. The standard InChI is InChI=1S/C17H25Cl3O4/c1-3-22-12(2)14(15(21)24-11-17(18,19)20)13-9-16(10-23-13)7-5-4-6-8-16/h12H,3-11H2,1-2H3/b14-13-. The fourth-order valence-electron chi connectivity index (χ4n) is 3.54. The smallest absolute Gasteiger partial charge is 0.340 e. The van der Waals surface area contributed by atoms with Crippen molar-refractivity contribution in [1.29, 1.82) is 0 Å². The third-order valence-electron chi connectivity index (χ3n) is 4.71. The highest BCUT2D eigenvalue weighted by atomic mass is 35.6. The summed E-state index contributed by atoms with van der Waals surface area (Å²) < 4.78 is 15.1. The Labute approximate surface area is 158 Å². The van der Waals surface area contributed by atoms with Crippen molar-refractivity contribution >= 4 is 40.8 Å². The van der Waals surface area contributed by atoms with E-state index in [1.807, 2.05) is 13.8 Å². The first-order valence-corrected chi connectivity index (χ1v) is 9.61. The third kappa shape index (κ3) is 5.42. The second-order valence-electron chi connectivity index (χ2n) is 6.65. The molecule has 1 unspecified atom stereocenters. The summed E-state index contributed by atoms with van der Waals surface area (Å²) in [5.74, 6) is 0.136. The quantitative estimate of drug-likeness (QED) is 0.373. The lowest BCUT2D eigenvalue weighted by Crippen LogP contribution is -2.26. The second-order valence-corrected chi connectivity index (χ2v) is 9.17. The van der Waals surface area contributed by atoms with E-state index in [4.69, 9.17) is 49.0 Å². The predicted octanol–water partition coefficient (Wildman–Crippen LogP) is 4.95. The van der Waals surface area contributed by atoms with Crippen molar-refractivity contribution in [2.24, 2.45) is 5.41 Å². The third-order valence-corrected chi connectivity index (χ3v) is 5.04. The molecule has 0 radical (unpaired) electrons. The van der Waals surface area contributed by atoms with E-state index < -0.39 is 15.9 Å². The molecule has 0 aromatic heterocycles. The van der Waals surface area contributed by atoms with Gasteiger partial charge < -0.3 is 14.2 Å². The number of esters is 1. The minimum Gasteiger partial charge on any atom is -0.497 e. The molecular weight excluding hydrogens is 375 g/mol. The maximum Gasteiger partial charge on any atom is 0.340 e. The number of rotatable bonds is 5. The molecule has 1 heterocycles. The lowest BCUT2D eigenvalue weighted by molar-refractivity contribution is -0.140. The Morgan fingerprint density at radius 3 is 2.54 bits per heavy atom. The molecule has 2 fully saturated rings. The van der Waals surface area contributed by atoms with Crippen LogP contribution in [0, 0.1) is 5.41 Å².